The van der Waals surface area contributed by atoms with Crippen LogP contribution < -0.4 is 4.74 Å². The molecule has 3 rings (SSSR count). The molecule has 0 fully saturated rings. The zero-order chi connectivity index (χ0) is 15.5. The molecule has 0 aliphatic heterocycles. The molecular weight excluding hydrogens is 344 g/mol. The van der Waals surface area contributed by atoms with Gasteiger partial charge in [-0.05, 0) is 56.3 Å². The van der Waals surface area contributed by atoms with Gasteiger partial charge in [0.1, 0.15) is 5.75 Å². The van der Waals surface area contributed by atoms with Crippen LogP contribution in [0.2, 0.25) is 0 Å². The minimum atomic E-state index is 0.122. The Bertz CT molecular complexity index is 766. The van der Waals surface area contributed by atoms with Crippen molar-refractivity contribution in [3.05, 3.63) is 53.0 Å². The molecular formula is C17H15BrN2O2. The standard InChI is InChI=1S/C17H15BrN2O2/c1-11(2)21-15-5-3-4-13(10-15)17-19-16(20-22-17)12-6-8-14(18)9-7-12/h3-11H,1-2H3. The summed E-state index contributed by atoms with van der Waals surface area (Å²) in [7, 11) is 0. The highest BCUT2D eigenvalue weighted by Crippen LogP contribution is 2.26. The predicted molar refractivity (Wildman–Crippen MR) is 88.6 cm³/mol. The molecule has 0 saturated carbocycles. The maximum atomic E-state index is 5.69. The van der Waals surface area contributed by atoms with Crippen molar-refractivity contribution in [3.63, 3.8) is 0 Å². The van der Waals surface area contributed by atoms with Gasteiger partial charge in [-0.2, -0.15) is 4.98 Å². The van der Waals surface area contributed by atoms with Gasteiger partial charge in [0.05, 0.1) is 6.10 Å². The van der Waals surface area contributed by atoms with Gasteiger partial charge in [0.25, 0.3) is 5.89 Å². The Hall–Kier alpha value is -2.14. The van der Waals surface area contributed by atoms with E-state index in [-0.39, 0.29) is 6.10 Å². The van der Waals surface area contributed by atoms with Gasteiger partial charge in [-0.15, -0.1) is 0 Å². The first-order valence-electron chi connectivity index (χ1n) is 6.98. The number of ether oxygens (including phenoxy) is 1. The number of halogens is 1. The Morgan fingerprint density at radius 3 is 2.55 bits per heavy atom. The van der Waals surface area contributed by atoms with E-state index in [1.807, 2.05) is 62.4 Å². The third-order valence-electron chi connectivity index (χ3n) is 2.98. The molecule has 3 aromatic rings. The van der Waals surface area contributed by atoms with E-state index in [0.29, 0.717) is 11.7 Å². The number of benzene rings is 2. The minimum absolute atomic E-state index is 0.122. The molecule has 0 atom stereocenters. The molecule has 0 aliphatic carbocycles. The maximum Gasteiger partial charge on any atom is 0.258 e. The second-order valence-electron chi connectivity index (χ2n) is 5.12. The summed E-state index contributed by atoms with van der Waals surface area (Å²) in [5.41, 5.74) is 1.75. The summed E-state index contributed by atoms with van der Waals surface area (Å²) in [6.45, 7) is 3.98. The largest absolute Gasteiger partial charge is 0.491 e. The molecule has 1 aromatic heterocycles. The van der Waals surface area contributed by atoms with Crippen molar-refractivity contribution < 1.29 is 9.26 Å². The van der Waals surface area contributed by atoms with E-state index < -0.39 is 0 Å². The predicted octanol–water partition coefficient (Wildman–Crippen LogP) is 4.95. The van der Waals surface area contributed by atoms with Crippen molar-refractivity contribution in [3.8, 4) is 28.6 Å². The van der Waals surface area contributed by atoms with Crippen molar-refractivity contribution in [1.82, 2.24) is 10.1 Å². The van der Waals surface area contributed by atoms with Crippen LogP contribution in [-0.2, 0) is 0 Å². The van der Waals surface area contributed by atoms with Crippen molar-refractivity contribution >= 4 is 15.9 Å². The summed E-state index contributed by atoms with van der Waals surface area (Å²) in [6, 6.07) is 15.4. The fraction of sp³-hybridized carbons (Fsp3) is 0.176. The Morgan fingerprint density at radius 2 is 1.82 bits per heavy atom. The molecule has 0 unspecified atom stereocenters. The van der Waals surface area contributed by atoms with Crippen LogP contribution in [0, 0.1) is 0 Å². The summed E-state index contributed by atoms with van der Waals surface area (Å²) < 4.78 is 12.1. The first-order chi connectivity index (χ1) is 10.6. The van der Waals surface area contributed by atoms with E-state index in [0.717, 1.165) is 21.3 Å². The minimum Gasteiger partial charge on any atom is -0.491 e. The van der Waals surface area contributed by atoms with Crippen LogP contribution in [0.5, 0.6) is 5.75 Å². The van der Waals surface area contributed by atoms with Gasteiger partial charge < -0.3 is 9.26 Å². The van der Waals surface area contributed by atoms with E-state index in [9.17, 15) is 0 Å². The highest BCUT2D eigenvalue weighted by atomic mass is 79.9. The molecule has 0 spiro atoms. The highest BCUT2D eigenvalue weighted by Gasteiger charge is 2.11. The van der Waals surface area contributed by atoms with Gasteiger partial charge in [0.2, 0.25) is 5.82 Å². The lowest BCUT2D eigenvalue weighted by atomic mass is 10.2. The van der Waals surface area contributed by atoms with Gasteiger partial charge in [-0.25, -0.2) is 0 Å². The fourth-order valence-corrected chi connectivity index (χ4v) is 2.30. The van der Waals surface area contributed by atoms with Gasteiger partial charge >= 0.3 is 0 Å². The summed E-state index contributed by atoms with van der Waals surface area (Å²) in [6.07, 6.45) is 0.122. The molecule has 112 valence electrons. The summed E-state index contributed by atoms with van der Waals surface area (Å²) in [4.78, 5) is 4.45. The Morgan fingerprint density at radius 1 is 1.05 bits per heavy atom. The van der Waals surface area contributed by atoms with Crippen LogP contribution in [-0.4, -0.2) is 16.2 Å². The number of hydrogen-bond donors (Lipinski definition) is 0. The van der Waals surface area contributed by atoms with Gasteiger partial charge in [-0.3, -0.25) is 0 Å². The molecule has 0 radical (unpaired) electrons. The molecule has 2 aromatic carbocycles. The monoisotopic (exact) mass is 358 g/mol. The lowest BCUT2D eigenvalue weighted by molar-refractivity contribution is 0.242. The van der Waals surface area contributed by atoms with Crippen LogP contribution >= 0.6 is 15.9 Å². The third kappa shape index (κ3) is 3.36. The topological polar surface area (TPSA) is 48.2 Å². The second-order valence-corrected chi connectivity index (χ2v) is 6.04. The average molecular weight is 359 g/mol. The van der Waals surface area contributed by atoms with Crippen LogP contribution in [0.4, 0.5) is 0 Å². The van der Waals surface area contributed by atoms with E-state index in [1.54, 1.807) is 0 Å². The van der Waals surface area contributed by atoms with E-state index >= 15 is 0 Å². The van der Waals surface area contributed by atoms with Crippen LogP contribution in [0.15, 0.2) is 57.5 Å². The first-order valence-corrected chi connectivity index (χ1v) is 7.78. The first kappa shape index (κ1) is 14.8. The SMILES string of the molecule is CC(C)Oc1cccc(-c2nc(-c3ccc(Br)cc3)no2)c1. The number of hydrogen-bond acceptors (Lipinski definition) is 4. The summed E-state index contributed by atoms with van der Waals surface area (Å²) >= 11 is 3.41. The highest BCUT2D eigenvalue weighted by molar-refractivity contribution is 9.10. The molecule has 0 N–H and O–H groups in total. The summed E-state index contributed by atoms with van der Waals surface area (Å²) in [5.74, 6) is 1.83. The molecule has 0 saturated heterocycles. The summed E-state index contributed by atoms with van der Waals surface area (Å²) in [5, 5.41) is 4.04. The zero-order valence-corrected chi connectivity index (χ0v) is 13.9. The van der Waals surface area contributed by atoms with Gasteiger partial charge in [0.15, 0.2) is 0 Å². The van der Waals surface area contributed by atoms with Crippen molar-refractivity contribution in [2.24, 2.45) is 0 Å². The average Bonchev–Trinajstić information content (AvgIpc) is 2.97. The molecule has 5 heteroatoms. The van der Waals surface area contributed by atoms with Crippen molar-refractivity contribution in [1.29, 1.82) is 0 Å². The maximum absolute atomic E-state index is 5.69. The molecule has 1 heterocycles. The van der Waals surface area contributed by atoms with Gasteiger partial charge in [-0.1, -0.05) is 27.2 Å². The number of aromatic nitrogens is 2. The smallest absolute Gasteiger partial charge is 0.258 e. The van der Waals surface area contributed by atoms with Crippen molar-refractivity contribution in [2.45, 2.75) is 20.0 Å². The quantitative estimate of drug-likeness (QED) is 0.661. The lowest BCUT2D eigenvalue weighted by Gasteiger charge is -2.09. The number of nitrogens with zero attached hydrogens (tertiary/aromatic N) is 2. The molecule has 0 aliphatic rings. The van der Waals surface area contributed by atoms with Crippen LogP contribution in [0.1, 0.15) is 13.8 Å². The van der Waals surface area contributed by atoms with E-state index in [1.165, 1.54) is 0 Å². The molecule has 4 nitrogen and oxygen atoms in total. The number of rotatable bonds is 4. The molecule has 0 bridgehead atoms. The lowest BCUT2D eigenvalue weighted by Crippen LogP contribution is -2.05. The van der Waals surface area contributed by atoms with Gasteiger partial charge in [0, 0.05) is 15.6 Å². The molecule has 22 heavy (non-hydrogen) atoms. The molecule has 0 amide bonds. The second kappa shape index (κ2) is 6.32. The van der Waals surface area contributed by atoms with Crippen LogP contribution in [0.25, 0.3) is 22.8 Å². The Balaban J connectivity index is 1.89. The van der Waals surface area contributed by atoms with E-state index in [4.69, 9.17) is 9.26 Å². The Labute approximate surface area is 137 Å². The van der Waals surface area contributed by atoms with E-state index in [2.05, 4.69) is 26.1 Å². The van der Waals surface area contributed by atoms with Crippen molar-refractivity contribution in [2.75, 3.05) is 0 Å². The normalized spacial score (nSPS) is 10.9. The zero-order valence-electron chi connectivity index (χ0n) is 12.3. The fourth-order valence-electron chi connectivity index (χ4n) is 2.03. The Kier molecular flexibility index (Phi) is 4.24. The third-order valence-corrected chi connectivity index (χ3v) is 3.51. The van der Waals surface area contributed by atoms with Crippen LogP contribution in [0.3, 0.4) is 0 Å².